The number of ether oxygens (including phenoxy) is 4. The first kappa shape index (κ1) is 25.3. The lowest BCUT2D eigenvalue weighted by molar-refractivity contribution is -0.134. The van der Waals surface area contributed by atoms with Crippen LogP contribution in [0.1, 0.15) is 18.1 Å². The normalized spacial score (nSPS) is 13.2. The first-order chi connectivity index (χ1) is 19.4. The van der Waals surface area contributed by atoms with E-state index in [0.29, 0.717) is 71.6 Å². The molecule has 2 aromatic heterocycles. The molecule has 5 aromatic rings. The average molecular weight is 543 g/mol. The van der Waals surface area contributed by atoms with Gasteiger partial charge in [-0.3, -0.25) is 9.59 Å². The smallest absolute Gasteiger partial charge is 0.300 e. The summed E-state index contributed by atoms with van der Waals surface area (Å²) in [4.78, 5) is 30.0. The standard InChI is InChI=1S/C27H22N4O5.C2H4O2/c28-11-15-2-1-3-16(8-15)12-31-13-18(17-9-22-23(10-20(17)31)36-14-35-22)24-27(32)29-19-4-5-21-26(25(19)30-24)34-7-6-33-21;1-2(3)4/h1-5,8-10,13H,6-7,11-12,14,28H2,(H,29,32);1H3,(H,3,4). The third-order valence-corrected chi connectivity index (χ3v) is 6.58. The first-order valence-electron chi connectivity index (χ1n) is 12.6. The molecule has 0 bridgehead atoms. The van der Waals surface area contributed by atoms with Crippen molar-refractivity contribution in [1.82, 2.24) is 14.5 Å². The van der Waals surface area contributed by atoms with Crippen LogP contribution in [-0.2, 0) is 17.9 Å². The molecular weight excluding hydrogens is 516 g/mol. The molecule has 2 aliphatic heterocycles. The van der Waals surface area contributed by atoms with Crippen molar-refractivity contribution in [3.05, 3.63) is 76.2 Å². The van der Waals surface area contributed by atoms with Gasteiger partial charge in [0.25, 0.3) is 11.5 Å². The van der Waals surface area contributed by atoms with E-state index in [0.717, 1.165) is 29.0 Å². The highest BCUT2D eigenvalue weighted by Crippen LogP contribution is 2.41. The van der Waals surface area contributed by atoms with Gasteiger partial charge in [-0.15, -0.1) is 0 Å². The Morgan fingerprint density at radius 3 is 2.58 bits per heavy atom. The summed E-state index contributed by atoms with van der Waals surface area (Å²) in [5, 5.41) is 8.26. The third kappa shape index (κ3) is 4.67. The average Bonchev–Trinajstić information content (AvgIpc) is 3.55. The highest BCUT2D eigenvalue weighted by Gasteiger charge is 2.23. The van der Waals surface area contributed by atoms with Crippen LogP contribution in [0.2, 0.25) is 0 Å². The fourth-order valence-electron chi connectivity index (χ4n) is 4.89. The van der Waals surface area contributed by atoms with Crippen molar-refractivity contribution < 1.29 is 28.8 Å². The lowest BCUT2D eigenvalue weighted by Crippen LogP contribution is -2.17. The van der Waals surface area contributed by atoms with Crippen LogP contribution in [0.3, 0.4) is 0 Å². The van der Waals surface area contributed by atoms with E-state index in [-0.39, 0.29) is 12.4 Å². The number of nitrogens with one attached hydrogen (secondary N) is 1. The van der Waals surface area contributed by atoms with Gasteiger partial charge in [-0.1, -0.05) is 24.3 Å². The molecule has 0 amide bonds. The van der Waals surface area contributed by atoms with E-state index in [4.69, 9.17) is 39.6 Å². The molecule has 40 heavy (non-hydrogen) atoms. The van der Waals surface area contributed by atoms with E-state index in [9.17, 15) is 4.79 Å². The minimum atomic E-state index is -0.833. The first-order valence-corrected chi connectivity index (χ1v) is 12.6. The van der Waals surface area contributed by atoms with Gasteiger partial charge >= 0.3 is 0 Å². The second kappa shape index (κ2) is 10.3. The number of aliphatic carboxylic acids is 1. The Hall–Kier alpha value is -5.03. The molecule has 3 aromatic carbocycles. The summed E-state index contributed by atoms with van der Waals surface area (Å²) in [6.45, 7) is 3.19. The Kier molecular flexibility index (Phi) is 6.48. The molecule has 204 valence electrons. The zero-order valence-corrected chi connectivity index (χ0v) is 21.6. The maximum atomic E-state index is 13.3. The number of hydrogen-bond acceptors (Lipinski definition) is 8. The Morgan fingerprint density at radius 2 is 1.77 bits per heavy atom. The van der Waals surface area contributed by atoms with Crippen molar-refractivity contribution in [2.24, 2.45) is 5.73 Å². The van der Waals surface area contributed by atoms with E-state index in [2.05, 4.69) is 21.7 Å². The van der Waals surface area contributed by atoms with Crippen LogP contribution < -0.4 is 30.2 Å². The molecule has 0 fully saturated rings. The lowest BCUT2D eigenvalue weighted by atomic mass is 10.1. The lowest BCUT2D eigenvalue weighted by Gasteiger charge is -2.19. The largest absolute Gasteiger partial charge is 0.486 e. The van der Waals surface area contributed by atoms with Gasteiger partial charge in [0.05, 0.1) is 11.0 Å². The van der Waals surface area contributed by atoms with Crippen LogP contribution in [0.25, 0.3) is 33.2 Å². The van der Waals surface area contributed by atoms with E-state index < -0.39 is 5.97 Å². The van der Waals surface area contributed by atoms with E-state index >= 15 is 0 Å². The molecule has 11 heteroatoms. The zero-order valence-electron chi connectivity index (χ0n) is 21.6. The van der Waals surface area contributed by atoms with Crippen LogP contribution in [-0.4, -0.2) is 45.6 Å². The van der Waals surface area contributed by atoms with E-state index in [1.54, 1.807) is 12.1 Å². The number of aromatic nitrogens is 3. The van der Waals surface area contributed by atoms with Gasteiger partial charge < -0.3 is 39.3 Å². The molecule has 7 rings (SSSR count). The molecule has 4 N–H and O–H groups in total. The van der Waals surface area contributed by atoms with Gasteiger partial charge in [0.1, 0.15) is 24.4 Å². The molecule has 0 aliphatic carbocycles. The Labute approximate surface area is 227 Å². The monoisotopic (exact) mass is 542 g/mol. The summed E-state index contributed by atoms with van der Waals surface area (Å²) in [5.41, 5.74) is 10.8. The summed E-state index contributed by atoms with van der Waals surface area (Å²) < 4.78 is 25.0. The van der Waals surface area contributed by atoms with Crippen molar-refractivity contribution in [1.29, 1.82) is 0 Å². The molecule has 0 atom stereocenters. The predicted molar refractivity (Wildman–Crippen MR) is 147 cm³/mol. The van der Waals surface area contributed by atoms with Crippen molar-refractivity contribution in [3.63, 3.8) is 0 Å². The topological polar surface area (TPSA) is 151 Å². The number of benzene rings is 3. The van der Waals surface area contributed by atoms with Crippen LogP contribution >= 0.6 is 0 Å². The van der Waals surface area contributed by atoms with Crippen molar-refractivity contribution in [3.8, 4) is 34.3 Å². The quantitative estimate of drug-likeness (QED) is 0.309. The van der Waals surface area contributed by atoms with Gasteiger partial charge in [-0.25, -0.2) is 4.98 Å². The van der Waals surface area contributed by atoms with Gasteiger partial charge in [0.2, 0.25) is 6.79 Å². The minimum Gasteiger partial charge on any atom is -0.486 e. The summed E-state index contributed by atoms with van der Waals surface area (Å²) in [6, 6.07) is 15.6. The number of fused-ring (bicyclic) bond motifs is 5. The molecular formula is C29H26N4O7. The number of nitrogens with zero attached hydrogens (tertiary/aromatic N) is 2. The van der Waals surface area contributed by atoms with E-state index in [1.165, 1.54) is 0 Å². The number of H-pyrrole nitrogens is 1. The fourth-order valence-corrected chi connectivity index (χ4v) is 4.89. The van der Waals surface area contributed by atoms with Crippen LogP contribution in [0, 0.1) is 0 Å². The number of rotatable bonds is 4. The van der Waals surface area contributed by atoms with Gasteiger partial charge in [-0.05, 0) is 29.3 Å². The van der Waals surface area contributed by atoms with Crippen molar-refractivity contribution in [2.45, 2.75) is 20.0 Å². The molecule has 2 aliphatic rings. The van der Waals surface area contributed by atoms with Crippen LogP contribution in [0.15, 0.2) is 59.5 Å². The number of nitrogens with two attached hydrogens (primary N) is 1. The van der Waals surface area contributed by atoms with Gasteiger partial charge in [-0.2, -0.15) is 0 Å². The van der Waals surface area contributed by atoms with Crippen molar-refractivity contribution >= 4 is 27.9 Å². The highest BCUT2D eigenvalue weighted by molar-refractivity contribution is 5.98. The van der Waals surface area contributed by atoms with Crippen LogP contribution in [0.5, 0.6) is 23.0 Å². The number of hydrogen-bond donors (Lipinski definition) is 3. The molecule has 11 nitrogen and oxygen atoms in total. The number of carboxylic acids is 1. The summed E-state index contributed by atoms with van der Waals surface area (Å²) in [7, 11) is 0. The molecule has 0 radical (unpaired) electrons. The molecule has 0 saturated carbocycles. The summed E-state index contributed by atoms with van der Waals surface area (Å²) >= 11 is 0. The Balaban J connectivity index is 0.000000680. The Bertz CT molecular complexity index is 1820. The number of aromatic amines is 1. The maximum Gasteiger partial charge on any atom is 0.300 e. The molecule has 0 unspecified atom stereocenters. The minimum absolute atomic E-state index is 0.161. The van der Waals surface area contributed by atoms with Gasteiger partial charge in [0.15, 0.2) is 23.0 Å². The molecule has 0 spiro atoms. The Morgan fingerprint density at radius 1 is 1.02 bits per heavy atom. The molecule has 4 heterocycles. The summed E-state index contributed by atoms with van der Waals surface area (Å²) in [5.74, 6) is 1.63. The zero-order chi connectivity index (χ0) is 27.8. The number of carbonyl (C=O) groups is 1. The second-order valence-electron chi connectivity index (χ2n) is 9.34. The van der Waals surface area contributed by atoms with E-state index in [1.807, 2.05) is 30.5 Å². The predicted octanol–water partition coefficient (Wildman–Crippen LogP) is 3.64. The summed E-state index contributed by atoms with van der Waals surface area (Å²) in [6.07, 6.45) is 1.95. The van der Waals surface area contributed by atoms with Crippen LogP contribution in [0.4, 0.5) is 0 Å². The third-order valence-electron chi connectivity index (χ3n) is 6.58. The SMILES string of the molecule is CC(=O)O.NCc1cccc(Cn2cc(-c3nc4c5c(ccc4[nH]c3=O)OCCO5)c3cc4c(cc32)OCO4)c1. The fraction of sp³-hybridized carbons (Fsp3) is 0.207. The number of carboxylic acid groups (broad SMARTS) is 1. The second-order valence-corrected chi connectivity index (χ2v) is 9.34. The van der Waals surface area contributed by atoms with Crippen molar-refractivity contribution in [2.75, 3.05) is 20.0 Å². The van der Waals surface area contributed by atoms with Gasteiger partial charge in [0, 0.05) is 43.2 Å². The highest BCUT2D eigenvalue weighted by atomic mass is 16.7. The maximum absolute atomic E-state index is 13.3. The molecule has 0 saturated heterocycles.